The highest BCUT2D eigenvalue weighted by atomic mass is 79.9. The second-order valence-corrected chi connectivity index (χ2v) is 7.94. The maximum atomic E-state index is 10.9. The van der Waals surface area contributed by atoms with Crippen LogP contribution in [0.5, 0.6) is 5.75 Å². The van der Waals surface area contributed by atoms with Crippen LogP contribution in [0.3, 0.4) is 0 Å². The molecule has 0 atom stereocenters. The Morgan fingerprint density at radius 3 is 2.47 bits per heavy atom. The predicted octanol–water partition coefficient (Wildman–Crippen LogP) is 2.61. The molecule has 0 aliphatic carbocycles. The van der Waals surface area contributed by atoms with Gasteiger partial charge in [-0.1, -0.05) is 15.9 Å². The van der Waals surface area contributed by atoms with Crippen molar-refractivity contribution in [2.45, 2.75) is 0 Å². The third-order valence-electron chi connectivity index (χ3n) is 1.91. The van der Waals surface area contributed by atoms with Crippen LogP contribution in [0.15, 0.2) is 28.7 Å². The van der Waals surface area contributed by atoms with E-state index in [9.17, 15) is 8.42 Å². The minimum atomic E-state index is -2.84. The second kappa shape index (κ2) is 7.28. The maximum absolute atomic E-state index is 10.9. The van der Waals surface area contributed by atoms with Gasteiger partial charge in [0.15, 0.2) is 0 Å². The number of hydrogen-bond acceptors (Lipinski definition) is 4. The number of halogens is 1. The van der Waals surface area contributed by atoms with Crippen LogP contribution >= 0.6 is 27.7 Å². The highest BCUT2D eigenvalue weighted by molar-refractivity contribution is 9.10. The Labute approximate surface area is 115 Å². The molecule has 96 valence electrons. The van der Waals surface area contributed by atoms with Crippen LogP contribution < -0.4 is 4.74 Å². The topological polar surface area (TPSA) is 43.4 Å². The summed E-state index contributed by atoms with van der Waals surface area (Å²) in [5.41, 5.74) is 0. The smallest absolute Gasteiger partial charge is 0.148 e. The van der Waals surface area contributed by atoms with Crippen LogP contribution in [-0.4, -0.2) is 38.5 Å². The molecule has 0 aromatic heterocycles. The largest absolute Gasteiger partial charge is 0.493 e. The van der Waals surface area contributed by atoms with E-state index in [-0.39, 0.29) is 5.75 Å². The van der Waals surface area contributed by atoms with E-state index in [1.54, 1.807) is 11.8 Å². The van der Waals surface area contributed by atoms with E-state index in [1.807, 2.05) is 24.3 Å². The highest BCUT2D eigenvalue weighted by Gasteiger charge is 2.01. The van der Waals surface area contributed by atoms with Gasteiger partial charge in [0.1, 0.15) is 15.6 Å². The monoisotopic (exact) mass is 338 g/mol. The molecule has 1 rings (SSSR count). The lowest BCUT2D eigenvalue weighted by Crippen LogP contribution is -2.07. The van der Waals surface area contributed by atoms with Crippen molar-refractivity contribution >= 4 is 37.5 Å². The van der Waals surface area contributed by atoms with Gasteiger partial charge in [-0.15, -0.1) is 0 Å². The van der Waals surface area contributed by atoms with E-state index in [1.165, 1.54) is 6.26 Å². The van der Waals surface area contributed by atoms with Crippen molar-refractivity contribution in [3.05, 3.63) is 28.7 Å². The standard InChI is InChI=1S/C11H15BrO3S2/c1-17(13,14)9-8-16-7-6-15-11-4-2-10(12)3-5-11/h2-5H,6-9H2,1H3. The molecule has 0 bridgehead atoms. The summed E-state index contributed by atoms with van der Waals surface area (Å²) in [7, 11) is -2.84. The van der Waals surface area contributed by atoms with Gasteiger partial charge in [0.25, 0.3) is 0 Å². The Morgan fingerprint density at radius 1 is 1.24 bits per heavy atom. The van der Waals surface area contributed by atoms with Gasteiger partial charge in [-0.2, -0.15) is 11.8 Å². The molecule has 0 heterocycles. The fourth-order valence-corrected chi connectivity index (χ4v) is 3.41. The van der Waals surface area contributed by atoms with Crippen molar-refractivity contribution < 1.29 is 13.2 Å². The number of ether oxygens (including phenoxy) is 1. The van der Waals surface area contributed by atoms with Crippen LogP contribution in [0.2, 0.25) is 0 Å². The minimum Gasteiger partial charge on any atom is -0.493 e. The average Bonchev–Trinajstić information content (AvgIpc) is 2.24. The summed E-state index contributed by atoms with van der Waals surface area (Å²) < 4.78 is 28.3. The molecular weight excluding hydrogens is 324 g/mol. The predicted molar refractivity (Wildman–Crippen MR) is 76.7 cm³/mol. The molecule has 0 radical (unpaired) electrons. The zero-order chi connectivity index (χ0) is 12.7. The van der Waals surface area contributed by atoms with Gasteiger partial charge in [-0.05, 0) is 24.3 Å². The summed E-state index contributed by atoms with van der Waals surface area (Å²) in [6, 6.07) is 7.63. The SMILES string of the molecule is CS(=O)(=O)CCSCCOc1ccc(Br)cc1. The van der Waals surface area contributed by atoms with Crippen molar-refractivity contribution in [2.24, 2.45) is 0 Å². The normalized spacial score (nSPS) is 11.4. The van der Waals surface area contributed by atoms with Gasteiger partial charge < -0.3 is 4.74 Å². The van der Waals surface area contributed by atoms with Crippen LogP contribution in [-0.2, 0) is 9.84 Å². The molecule has 0 fully saturated rings. The first-order valence-corrected chi connectivity index (χ1v) is 9.12. The van der Waals surface area contributed by atoms with Crippen LogP contribution in [0.1, 0.15) is 0 Å². The molecule has 0 saturated heterocycles. The van der Waals surface area contributed by atoms with Gasteiger partial charge in [0.2, 0.25) is 0 Å². The summed E-state index contributed by atoms with van der Waals surface area (Å²) in [5.74, 6) is 2.49. The highest BCUT2D eigenvalue weighted by Crippen LogP contribution is 2.16. The summed E-state index contributed by atoms with van der Waals surface area (Å²) in [6.07, 6.45) is 1.26. The first-order chi connectivity index (χ1) is 7.97. The van der Waals surface area contributed by atoms with Gasteiger partial charge in [-0.3, -0.25) is 0 Å². The first kappa shape index (κ1) is 14.9. The van der Waals surface area contributed by atoms with E-state index in [0.717, 1.165) is 16.0 Å². The molecule has 1 aromatic rings. The molecule has 0 unspecified atom stereocenters. The lowest BCUT2D eigenvalue weighted by molar-refractivity contribution is 0.344. The summed E-state index contributed by atoms with van der Waals surface area (Å²) >= 11 is 4.94. The second-order valence-electron chi connectivity index (χ2n) is 3.54. The molecule has 0 aliphatic heterocycles. The zero-order valence-corrected chi connectivity index (χ0v) is 12.8. The van der Waals surface area contributed by atoms with Crippen molar-refractivity contribution in [1.29, 1.82) is 0 Å². The van der Waals surface area contributed by atoms with Crippen molar-refractivity contribution in [2.75, 3.05) is 30.1 Å². The van der Waals surface area contributed by atoms with Gasteiger partial charge in [-0.25, -0.2) is 8.42 Å². The molecular formula is C11H15BrO3S2. The molecule has 17 heavy (non-hydrogen) atoms. The fraction of sp³-hybridized carbons (Fsp3) is 0.455. The number of thioether (sulfide) groups is 1. The van der Waals surface area contributed by atoms with E-state index in [0.29, 0.717) is 12.4 Å². The Hall–Kier alpha value is -0.200. The number of benzene rings is 1. The van der Waals surface area contributed by atoms with Crippen molar-refractivity contribution in [3.8, 4) is 5.75 Å². The van der Waals surface area contributed by atoms with Crippen molar-refractivity contribution in [3.63, 3.8) is 0 Å². The lowest BCUT2D eigenvalue weighted by atomic mass is 10.3. The number of hydrogen-bond donors (Lipinski definition) is 0. The third-order valence-corrected chi connectivity index (χ3v) is 4.59. The van der Waals surface area contributed by atoms with Crippen molar-refractivity contribution in [1.82, 2.24) is 0 Å². The molecule has 0 amide bonds. The lowest BCUT2D eigenvalue weighted by Gasteiger charge is -2.05. The molecule has 0 saturated carbocycles. The quantitative estimate of drug-likeness (QED) is 0.717. The Kier molecular flexibility index (Phi) is 6.37. The minimum absolute atomic E-state index is 0.232. The van der Waals surface area contributed by atoms with E-state index in [4.69, 9.17) is 4.74 Å². The fourth-order valence-electron chi connectivity index (χ4n) is 1.06. The molecule has 0 aliphatic rings. The zero-order valence-electron chi connectivity index (χ0n) is 9.56. The van der Waals surface area contributed by atoms with Gasteiger partial charge >= 0.3 is 0 Å². The molecule has 6 heteroatoms. The Bertz CT molecular complexity index is 429. The summed E-state index contributed by atoms with van der Waals surface area (Å²) in [6.45, 7) is 0.593. The summed E-state index contributed by atoms with van der Waals surface area (Å²) in [5, 5.41) is 0. The van der Waals surface area contributed by atoms with E-state index >= 15 is 0 Å². The maximum Gasteiger partial charge on any atom is 0.148 e. The Balaban J connectivity index is 2.10. The number of sulfone groups is 1. The Morgan fingerprint density at radius 2 is 1.88 bits per heavy atom. The van der Waals surface area contributed by atoms with Crippen LogP contribution in [0.4, 0.5) is 0 Å². The third kappa shape index (κ3) is 7.68. The number of rotatable bonds is 7. The van der Waals surface area contributed by atoms with Crippen LogP contribution in [0, 0.1) is 0 Å². The van der Waals surface area contributed by atoms with E-state index in [2.05, 4.69) is 15.9 Å². The average molecular weight is 339 g/mol. The molecule has 1 aromatic carbocycles. The first-order valence-electron chi connectivity index (χ1n) is 5.11. The summed E-state index contributed by atoms with van der Waals surface area (Å²) in [4.78, 5) is 0. The van der Waals surface area contributed by atoms with Crippen LogP contribution in [0.25, 0.3) is 0 Å². The van der Waals surface area contributed by atoms with Gasteiger partial charge in [0, 0.05) is 22.2 Å². The molecule has 0 N–H and O–H groups in total. The molecule has 3 nitrogen and oxygen atoms in total. The van der Waals surface area contributed by atoms with Gasteiger partial charge in [0.05, 0.1) is 12.4 Å². The molecule has 0 spiro atoms. The van der Waals surface area contributed by atoms with E-state index < -0.39 is 9.84 Å².